The molecule has 0 aliphatic rings. The molecule has 0 spiro atoms. The van der Waals surface area contributed by atoms with Crippen LogP contribution < -0.4 is 5.73 Å². The molecule has 0 radical (unpaired) electrons. The number of rotatable bonds is 6. The Morgan fingerprint density at radius 2 is 2.00 bits per heavy atom. The summed E-state index contributed by atoms with van der Waals surface area (Å²) in [5, 5.41) is 1.16. The van der Waals surface area contributed by atoms with E-state index >= 15 is 0 Å². The van der Waals surface area contributed by atoms with Crippen LogP contribution in [0.1, 0.15) is 31.1 Å². The van der Waals surface area contributed by atoms with E-state index < -0.39 is 0 Å². The zero-order valence-corrected chi connectivity index (χ0v) is 11.5. The summed E-state index contributed by atoms with van der Waals surface area (Å²) in [5.74, 6) is 1.89. The van der Waals surface area contributed by atoms with Crippen molar-refractivity contribution in [3.63, 3.8) is 0 Å². The van der Waals surface area contributed by atoms with Gasteiger partial charge in [-0.3, -0.25) is 0 Å². The minimum absolute atomic E-state index is 0.326. The Balaban J connectivity index is 2.57. The Morgan fingerprint density at radius 1 is 1.31 bits per heavy atom. The van der Waals surface area contributed by atoms with Crippen molar-refractivity contribution in [3.8, 4) is 0 Å². The van der Waals surface area contributed by atoms with Crippen LogP contribution in [0.25, 0.3) is 0 Å². The fourth-order valence-electron chi connectivity index (χ4n) is 1.47. The second kappa shape index (κ2) is 7.21. The van der Waals surface area contributed by atoms with Crippen LogP contribution in [0.2, 0.25) is 5.02 Å². The summed E-state index contributed by atoms with van der Waals surface area (Å²) in [7, 11) is 0. The molecular formula is C13H20ClNS. The minimum Gasteiger partial charge on any atom is -0.329 e. The third-order valence-electron chi connectivity index (χ3n) is 2.48. The Hall–Kier alpha value is -0.180. The van der Waals surface area contributed by atoms with Crippen LogP contribution in [0.5, 0.6) is 0 Å². The fourth-order valence-corrected chi connectivity index (χ4v) is 3.21. The van der Waals surface area contributed by atoms with Gasteiger partial charge in [-0.15, -0.1) is 0 Å². The number of benzene rings is 1. The largest absolute Gasteiger partial charge is 0.329 e. The molecule has 0 bridgehead atoms. The van der Waals surface area contributed by atoms with Gasteiger partial charge in [-0.2, -0.15) is 11.8 Å². The monoisotopic (exact) mass is 257 g/mol. The van der Waals surface area contributed by atoms with Gasteiger partial charge in [-0.05, 0) is 29.7 Å². The zero-order valence-electron chi connectivity index (χ0n) is 9.95. The number of halogens is 1. The highest BCUT2D eigenvalue weighted by Crippen LogP contribution is 2.33. The van der Waals surface area contributed by atoms with Crippen molar-refractivity contribution >= 4 is 23.4 Å². The summed E-state index contributed by atoms with van der Waals surface area (Å²) in [5.41, 5.74) is 6.98. The third-order valence-corrected chi connectivity index (χ3v) is 4.14. The maximum absolute atomic E-state index is 6.17. The predicted octanol–water partition coefficient (Wildman–Crippen LogP) is 4.12. The van der Waals surface area contributed by atoms with E-state index in [1.54, 1.807) is 0 Å². The lowest BCUT2D eigenvalue weighted by Crippen LogP contribution is -2.10. The van der Waals surface area contributed by atoms with Gasteiger partial charge in [0.1, 0.15) is 0 Å². The lowest BCUT2D eigenvalue weighted by atomic mass is 10.1. The van der Waals surface area contributed by atoms with Crippen LogP contribution in [0, 0.1) is 5.92 Å². The molecule has 2 N–H and O–H groups in total. The van der Waals surface area contributed by atoms with E-state index in [0.717, 1.165) is 16.7 Å². The standard InChI is InChI=1S/C13H20ClNS/c1-10(2)7-8-16-13(9-15)11-5-3-4-6-12(11)14/h3-6,10,13H,7-9,15H2,1-2H3. The van der Waals surface area contributed by atoms with Crippen LogP contribution in [0.4, 0.5) is 0 Å². The Bertz CT molecular complexity index is 315. The van der Waals surface area contributed by atoms with Crippen LogP contribution in [0.3, 0.4) is 0 Å². The van der Waals surface area contributed by atoms with Gasteiger partial charge in [0.05, 0.1) is 0 Å². The van der Waals surface area contributed by atoms with Crippen molar-refractivity contribution in [2.45, 2.75) is 25.5 Å². The first-order chi connectivity index (χ1) is 7.65. The SMILES string of the molecule is CC(C)CCSC(CN)c1ccccc1Cl. The van der Waals surface area contributed by atoms with E-state index in [4.69, 9.17) is 17.3 Å². The zero-order chi connectivity index (χ0) is 12.0. The van der Waals surface area contributed by atoms with E-state index in [9.17, 15) is 0 Å². The van der Waals surface area contributed by atoms with Gasteiger partial charge in [-0.1, -0.05) is 43.6 Å². The van der Waals surface area contributed by atoms with E-state index in [1.807, 2.05) is 30.0 Å². The van der Waals surface area contributed by atoms with Crippen molar-refractivity contribution in [1.29, 1.82) is 0 Å². The average Bonchev–Trinajstić information content (AvgIpc) is 2.25. The van der Waals surface area contributed by atoms with Gasteiger partial charge >= 0.3 is 0 Å². The summed E-state index contributed by atoms with van der Waals surface area (Å²) in [6.45, 7) is 5.13. The van der Waals surface area contributed by atoms with Gasteiger partial charge in [0.2, 0.25) is 0 Å². The number of nitrogens with two attached hydrogens (primary N) is 1. The highest BCUT2D eigenvalue weighted by molar-refractivity contribution is 7.99. The van der Waals surface area contributed by atoms with Gasteiger partial charge in [0, 0.05) is 16.8 Å². The molecule has 1 atom stereocenters. The number of hydrogen-bond acceptors (Lipinski definition) is 2. The summed E-state index contributed by atoms with van der Waals surface area (Å²) in [6.07, 6.45) is 1.23. The molecule has 0 aromatic heterocycles. The molecular weight excluding hydrogens is 238 g/mol. The predicted molar refractivity (Wildman–Crippen MR) is 75.2 cm³/mol. The highest BCUT2D eigenvalue weighted by Gasteiger charge is 2.13. The molecule has 16 heavy (non-hydrogen) atoms. The highest BCUT2D eigenvalue weighted by atomic mass is 35.5. The average molecular weight is 258 g/mol. The van der Waals surface area contributed by atoms with E-state index in [1.165, 1.54) is 12.0 Å². The summed E-state index contributed by atoms with van der Waals surface area (Å²) >= 11 is 8.08. The van der Waals surface area contributed by atoms with Gasteiger partial charge < -0.3 is 5.73 Å². The van der Waals surface area contributed by atoms with Crippen LogP contribution >= 0.6 is 23.4 Å². The Kier molecular flexibility index (Phi) is 6.25. The first kappa shape index (κ1) is 13.9. The number of thioether (sulfide) groups is 1. The second-order valence-corrected chi connectivity index (χ2v) is 6.02. The molecule has 1 nitrogen and oxygen atoms in total. The molecule has 1 rings (SSSR count). The lowest BCUT2D eigenvalue weighted by Gasteiger charge is -2.16. The molecule has 0 amide bonds. The molecule has 0 aliphatic carbocycles. The molecule has 0 saturated heterocycles. The van der Waals surface area contributed by atoms with Gasteiger partial charge in [0.25, 0.3) is 0 Å². The molecule has 3 heteroatoms. The molecule has 1 aromatic carbocycles. The van der Waals surface area contributed by atoms with Crippen LogP contribution in [0.15, 0.2) is 24.3 Å². The van der Waals surface area contributed by atoms with Crippen molar-refractivity contribution in [3.05, 3.63) is 34.9 Å². The first-order valence-electron chi connectivity index (χ1n) is 5.71. The molecule has 1 aromatic rings. The molecule has 0 aliphatic heterocycles. The summed E-state index contributed by atoms with van der Waals surface area (Å²) in [4.78, 5) is 0. The van der Waals surface area contributed by atoms with Crippen LogP contribution in [-0.2, 0) is 0 Å². The lowest BCUT2D eigenvalue weighted by molar-refractivity contribution is 0.631. The van der Waals surface area contributed by atoms with Gasteiger partial charge in [0.15, 0.2) is 0 Å². The summed E-state index contributed by atoms with van der Waals surface area (Å²) in [6, 6.07) is 7.98. The maximum Gasteiger partial charge on any atom is 0.0449 e. The topological polar surface area (TPSA) is 26.0 Å². The quantitative estimate of drug-likeness (QED) is 0.830. The molecule has 0 heterocycles. The molecule has 0 saturated carbocycles. The molecule has 0 fully saturated rings. The molecule has 1 unspecified atom stereocenters. The number of hydrogen-bond donors (Lipinski definition) is 1. The van der Waals surface area contributed by atoms with E-state index in [0.29, 0.717) is 11.8 Å². The third kappa shape index (κ3) is 4.36. The maximum atomic E-state index is 6.17. The van der Waals surface area contributed by atoms with E-state index in [2.05, 4.69) is 19.9 Å². The minimum atomic E-state index is 0.326. The van der Waals surface area contributed by atoms with Crippen molar-refractivity contribution < 1.29 is 0 Å². The van der Waals surface area contributed by atoms with Crippen molar-refractivity contribution in [1.82, 2.24) is 0 Å². The summed E-state index contributed by atoms with van der Waals surface area (Å²) < 4.78 is 0. The fraction of sp³-hybridized carbons (Fsp3) is 0.538. The van der Waals surface area contributed by atoms with Crippen molar-refractivity contribution in [2.75, 3.05) is 12.3 Å². The van der Waals surface area contributed by atoms with E-state index in [-0.39, 0.29) is 0 Å². The van der Waals surface area contributed by atoms with Crippen LogP contribution in [-0.4, -0.2) is 12.3 Å². The second-order valence-electron chi connectivity index (χ2n) is 4.30. The van der Waals surface area contributed by atoms with Gasteiger partial charge in [-0.25, -0.2) is 0 Å². The Labute approximate surface area is 108 Å². The molecule has 90 valence electrons. The normalized spacial score (nSPS) is 13.1. The van der Waals surface area contributed by atoms with Crippen molar-refractivity contribution in [2.24, 2.45) is 11.7 Å². The smallest absolute Gasteiger partial charge is 0.0449 e. The first-order valence-corrected chi connectivity index (χ1v) is 7.14. The Morgan fingerprint density at radius 3 is 2.56 bits per heavy atom.